The largest absolute Gasteiger partial charge is 0.376 e. The number of aliphatic hydroxyl groups excluding tert-OH is 1. The number of rotatable bonds is 5. The first-order chi connectivity index (χ1) is 20.4. The lowest BCUT2D eigenvalue weighted by Crippen LogP contribution is -2.72. The number of likely N-dealkylation sites (N-methyl/N-ethyl adjacent to an activating group) is 1. The predicted octanol–water partition coefficient (Wildman–Crippen LogP) is 2.43. The molecule has 10 nitrogen and oxygen atoms in total. The van der Waals surface area contributed by atoms with Gasteiger partial charge in [-0.3, -0.25) is 29.0 Å². The van der Waals surface area contributed by atoms with Gasteiger partial charge in [-0.25, -0.2) is 0 Å². The maximum Gasteiger partial charge on any atom is 0.280 e. The fourth-order valence-electron chi connectivity index (χ4n) is 9.65. The van der Waals surface area contributed by atoms with Crippen LogP contribution in [0.5, 0.6) is 0 Å². The highest BCUT2D eigenvalue weighted by Gasteiger charge is 2.71. The first kappa shape index (κ1) is 30.2. The Hall–Kier alpha value is -1.50. The second-order valence-corrected chi connectivity index (χ2v) is 15.7. The smallest absolute Gasteiger partial charge is 0.280 e. The highest BCUT2D eigenvalue weighted by atomic mass is 79.9. The van der Waals surface area contributed by atoms with E-state index < -0.39 is 47.7 Å². The molecule has 0 aromatic heterocycles. The summed E-state index contributed by atoms with van der Waals surface area (Å²) in [5.41, 5.74) is 1.11. The third kappa shape index (κ3) is 4.35. The fraction of sp³-hybridized carbons (Fsp3) is 0.812. The fourth-order valence-corrected chi connectivity index (χ4v) is 10.4. The van der Waals surface area contributed by atoms with Crippen molar-refractivity contribution in [2.24, 2.45) is 29.6 Å². The average Bonchev–Trinajstić information content (AvgIpc) is 3.63. The highest BCUT2D eigenvalue weighted by Crippen LogP contribution is 2.53. The zero-order valence-electron chi connectivity index (χ0n) is 26.1. The Morgan fingerprint density at radius 1 is 1.23 bits per heavy atom. The molecule has 0 spiro atoms. The van der Waals surface area contributed by atoms with Crippen molar-refractivity contribution >= 4 is 27.7 Å². The molecule has 2 saturated carbocycles. The van der Waals surface area contributed by atoms with E-state index in [9.17, 15) is 19.8 Å². The van der Waals surface area contributed by atoms with Crippen molar-refractivity contribution in [1.29, 1.82) is 0 Å². The molecule has 2 amide bonds. The van der Waals surface area contributed by atoms with E-state index >= 15 is 0 Å². The number of hydrogen-bond donors (Lipinski definition) is 4. The number of hydrogen-bond acceptors (Lipinski definition) is 8. The second-order valence-electron chi connectivity index (χ2n) is 14.9. The number of nitrogens with one attached hydrogen (secondary N) is 2. The lowest BCUT2D eigenvalue weighted by atomic mass is 9.62. The summed E-state index contributed by atoms with van der Waals surface area (Å²) in [6.07, 6.45) is 7.59. The SMILES string of the molecule is CC(C)C[C@H]1C(O)N2CCC[C@H]2[C@]2(O)O[C@](NC(=O)[C@@H]3C=C4C5CCCC6NC(Br)=C(C[C@H]4N(C)C3)C65)(C(C)C)C(=O)N12. The minimum atomic E-state index is -1.93. The zero-order chi connectivity index (χ0) is 30.6. The Morgan fingerprint density at radius 3 is 2.72 bits per heavy atom. The Bertz CT molecular complexity index is 1260. The summed E-state index contributed by atoms with van der Waals surface area (Å²) in [6, 6.07) is -0.493. The van der Waals surface area contributed by atoms with Gasteiger partial charge >= 0.3 is 0 Å². The van der Waals surface area contributed by atoms with Crippen molar-refractivity contribution in [1.82, 2.24) is 25.3 Å². The molecule has 5 aliphatic heterocycles. The average molecular weight is 663 g/mol. The molecule has 0 bridgehead atoms. The Labute approximate surface area is 263 Å². The van der Waals surface area contributed by atoms with E-state index in [1.807, 2.05) is 32.6 Å². The van der Waals surface area contributed by atoms with Crippen LogP contribution in [0, 0.1) is 29.6 Å². The summed E-state index contributed by atoms with van der Waals surface area (Å²) < 4.78 is 7.67. The van der Waals surface area contributed by atoms with Crippen molar-refractivity contribution < 1.29 is 24.5 Å². The van der Waals surface area contributed by atoms with Gasteiger partial charge in [-0.05, 0) is 78.9 Å². The van der Waals surface area contributed by atoms with Gasteiger partial charge in [-0.2, -0.15) is 0 Å². The molecule has 7 rings (SSSR count). The van der Waals surface area contributed by atoms with Gasteiger partial charge < -0.3 is 20.8 Å². The number of amides is 2. The molecule has 4 N–H and O–H groups in total. The van der Waals surface area contributed by atoms with Crippen LogP contribution in [0.2, 0.25) is 0 Å². The molecule has 11 heteroatoms. The normalized spacial score (nSPS) is 44.3. The van der Waals surface area contributed by atoms with E-state index in [-0.39, 0.29) is 17.9 Å². The summed E-state index contributed by atoms with van der Waals surface area (Å²) in [5, 5.41) is 30.4. The molecule has 0 aromatic rings. The predicted molar refractivity (Wildman–Crippen MR) is 164 cm³/mol. The molecule has 4 unspecified atom stereocenters. The summed E-state index contributed by atoms with van der Waals surface area (Å²) in [6.45, 7) is 8.96. The van der Waals surface area contributed by atoms with Gasteiger partial charge in [0, 0.05) is 37.0 Å². The Kier molecular flexibility index (Phi) is 7.38. The molecule has 5 fully saturated rings. The molecule has 0 aromatic carbocycles. The van der Waals surface area contributed by atoms with E-state index in [0.29, 0.717) is 43.8 Å². The first-order valence-electron chi connectivity index (χ1n) is 16.5. The number of carbonyl (C=O) groups excluding carboxylic acids is 2. The summed E-state index contributed by atoms with van der Waals surface area (Å²) in [5.74, 6) is -2.50. The number of piperazine rings is 1. The highest BCUT2D eigenvalue weighted by molar-refractivity contribution is 9.11. The number of aliphatic hydroxyl groups is 2. The van der Waals surface area contributed by atoms with E-state index in [0.717, 1.165) is 36.7 Å². The van der Waals surface area contributed by atoms with Crippen molar-refractivity contribution in [3.8, 4) is 0 Å². The third-order valence-electron chi connectivity index (χ3n) is 11.6. The van der Waals surface area contributed by atoms with Crippen LogP contribution >= 0.6 is 15.9 Å². The van der Waals surface area contributed by atoms with Gasteiger partial charge in [0.25, 0.3) is 11.8 Å². The van der Waals surface area contributed by atoms with Crippen molar-refractivity contribution in [2.75, 3.05) is 20.1 Å². The topological polar surface area (TPSA) is 118 Å². The van der Waals surface area contributed by atoms with Gasteiger partial charge in [0.1, 0.15) is 6.23 Å². The molecular weight excluding hydrogens is 614 g/mol. The standard InChI is InChI=1S/C32H48BrN5O5/c1-16(2)12-24-29(40)37-11-7-10-25(37)32(42)38(24)30(41)31(43-32,17(3)4)35-28(39)18-13-20-19-8-6-9-22-26(19)21(27(33)34-22)14-23(20)36(5)15-18/h13,16-19,22-26,29,34,40,42H,6-12,14-15H2,1-5H3,(H,35,39)/t18-,19?,22?,23-,24+,25+,26?,29?,31-,32+/m1/s1. The van der Waals surface area contributed by atoms with Crippen LogP contribution in [0.1, 0.15) is 72.6 Å². The molecule has 2 aliphatic carbocycles. The van der Waals surface area contributed by atoms with Crippen LogP contribution in [0.3, 0.4) is 0 Å². The maximum atomic E-state index is 14.5. The molecular formula is C32H48BrN5O5. The molecule has 7 aliphatic rings. The van der Waals surface area contributed by atoms with Crippen LogP contribution in [-0.4, -0.2) is 98.9 Å². The van der Waals surface area contributed by atoms with Crippen molar-refractivity contribution in [3.63, 3.8) is 0 Å². The molecule has 238 valence electrons. The van der Waals surface area contributed by atoms with E-state index in [2.05, 4.69) is 44.6 Å². The van der Waals surface area contributed by atoms with Crippen LogP contribution in [-0.2, 0) is 14.3 Å². The summed E-state index contributed by atoms with van der Waals surface area (Å²) in [4.78, 5) is 34.3. The first-order valence-corrected chi connectivity index (χ1v) is 17.3. The Balaban J connectivity index is 1.20. The lowest BCUT2D eigenvalue weighted by molar-refractivity contribution is -0.349. The van der Waals surface area contributed by atoms with E-state index in [1.165, 1.54) is 16.0 Å². The van der Waals surface area contributed by atoms with Gasteiger partial charge in [-0.1, -0.05) is 45.8 Å². The van der Waals surface area contributed by atoms with Crippen LogP contribution in [0.4, 0.5) is 0 Å². The van der Waals surface area contributed by atoms with Gasteiger partial charge in [-0.15, -0.1) is 0 Å². The maximum absolute atomic E-state index is 14.5. The number of nitrogens with zero attached hydrogens (tertiary/aromatic N) is 3. The molecule has 5 heterocycles. The van der Waals surface area contributed by atoms with E-state index in [1.54, 1.807) is 0 Å². The van der Waals surface area contributed by atoms with Crippen LogP contribution < -0.4 is 10.6 Å². The molecule has 3 saturated heterocycles. The minimum Gasteiger partial charge on any atom is -0.376 e. The van der Waals surface area contributed by atoms with Crippen molar-refractivity contribution in [2.45, 2.75) is 115 Å². The third-order valence-corrected chi connectivity index (χ3v) is 12.4. The zero-order valence-corrected chi connectivity index (χ0v) is 27.6. The van der Waals surface area contributed by atoms with Crippen molar-refractivity contribution in [3.05, 3.63) is 21.8 Å². The quantitative estimate of drug-likeness (QED) is 0.262. The molecule has 10 atom stereocenters. The minimum absolute atomic E-state index is 0.178. The summed E-state index contributed by atoms with van der Waals surface area (Å²) >= 11 is 3.81. The molecule has 43 heavy (non-hydrogen) atoms. The van der Waals surface area contributed by atoms with Crippen LogP contribution in [0.25, 0.3) is 0 Å². The number of halogens is 1. The number of fused-ring (bicyclic) bond motifs is 5. The van der Waals surface area contributed by atoms with Crippen LogP contribution in [0.15, 0.2) is 21.8 Å². The monoisotopic (exact) mass is 661 g/mol. The van der Waals surface area contributed by atoms with Gasteiger partial charge in [0.2, 0.25) is 11.6 Å². The summed E-state index contributed by atoms with van der Waals surface area (Å²) in [7, 11) is 2.10. The Morgan fingerprint density at radius 2 is 2.00 bits per heavy atom. The van der Waals surface area contributed by atoms with E-state index in [4.69, 9.17) is 4.74 Å². The van der Waals surface area contributed by atoms with Gasteiger partial charge in [0.15, 0.2) is 0 Å². The number of ether oxygens (including phenoxy) is 1. The molecule has 0 radical (unpaired) electrons. The van der Waals surface area contributed by atoms with Gasteiger partial charge in [0.05, 0.1) is 22.6 Å². The number of carbonyl (C=O) groups is 2. The lowest BCUT2D eigenvalue weighted by Gasteiger charge is -2.52. The second kappa shape index (κ2) is 10.5.